The molecular weight excluding hydrogens is 196 g/mol. The summed E-state index contributed by atoms with van der Waals surface area (Å²) in [6.45, 7) is 9.75. The fourth-order valence-corrected chi connectivity index (χ4v) is 1.84. The van der Waals surface area contributed by atoms with E-state index >= 15 is 0 Å². The zero-order valence-electron chi connectivity index (χ0n) is 9.26. The van der Waals surface area contributed by atoms with Gasteiger partial charge in [-0.05, 0) is 27.7 Å². The maximum Gasteiger partial charge on any atom is 0.183 e. The highest BCUT2D eigenvalue weighted by atomic mass is 32.1. The monoisotopic (exact) mass is 214 g/mol. The van der Waals surface area contributed by atoms with Crippen LogP contribution >= 0.6 is 11.3 Å². The van der Waals surface area contributed by atoms with E-state index in [0.717, 1.165) is 24.0 Å². The van der Waals surface area contributed by atoms with Crippen molar-refractivity contribution in [2.75, 3.05) is 18.5 Å². The van der Waals surface area contributed by atoms with Gasteiger partial charge in [0.25, 0.3) is 0 Å². The predicted molar refractivity (Wildman–Crippen MR) is 61.2 cm³/mol. The van der Waals surface area contributed by atoms with Crippen molar-refractivity contribution >= 4 is 16.5 Å². The molecular formula is C10H18N2OS. The normalized spacial score (nSPS) is 10.9. The Balaban J connectivity index is 2.25. The molecule has 0 atom stereocenters. The fraction of sp³-hybridized carbons (Fsp3) is 0.700. The largest absolute Gasteiger partial charge is 0.377 e. The van der Waals surface area contributed by atoms with Gasteiger partial charge in [0.05, 0.1) is 18.4 Å². The average molecular weight is 214 g/mol. The van der Waals surface area contributed by atoms with E-state index in [4.69, 9.17) is 4.74 Å². The third-order valence-corrected chi connectivity index (χ3v) is 2.89. The Morgan fingerprint density at radius 1 is 1.43 bits per heavy atom. The van der Waals surface area contributed by atoms with Gasteiger partial charge >= 0.3 is 0 Å². The predicted octanol–water partition coefficient (Wildman–Crippen LogP) is 2.60. The first-order valence-corrected chi connectivity index (χ1v) is 5.70. The molecule has 0 aliphatic rings. The second-order valence-electron chi connectivity index (χ2n) is 3.51. The molecule has 0 aliphatic heterocycles. The van der Waals surface area contributed by atoms with Crippen LogP contribution in [0.25, 0.3) is 0 Å². The maximum atomic E-state index is 5.41. The van der Waals surface area contributed by atoms with Gasteiger partial charge in [-0.2, -0.15) is 0 Å². The molecule has 0 fully saturated rings. The van der Waals surface area contributed by atoms with Crippen LogP contribution in [0.2, 0.25) is 0 Å². The first-order valence-electron chi connectivity index (χ1n) is 4.89. The van der Waals surface area contributed by atoms with Crippen LogP contribution in [0.15, 0.2) is 0 Å². The lowest BCUT2D eigenvalue weighted by molar-refractivity contribution is 0.0870. The Bertz CT molecular complexity index is 264. The van der Waals surface area contributed by atoms with E-state index < -0.39 is 0 Å². The third kappa shape index (κ3) is 3.64. The van der Waals surface area contributed by atoms with Gasteiger partial charge in [0, 0.05) is 11.4 Å². The molecule has 0 unspecified atom stereocenters. The Labute approximate surface area is 89.5 Å². The van der Waals surface area contributed by atoms with E-state index in [1.165, 1.54) is 4.88 Å². The lowest BCUT2D eigenvalue weighted by atomic mass is 10.4. The minimum Gasteiger partial charge on any atom is -0.377 e. The Morgan fingerprint density at radius 2 is 2.14 bits per heavy atom. The van der Waals surface area contributed by atoms with Gasteiger partial charge in [0.1, 0.15) is 0 Å². The maximum absolute atomic E-state index is 5.41. The van der Waals surface area contributed by atoms with Crippen molar-refractivity contribution in [3.8, 4) is 0 Å². The second kappa shape index (κ2) is 5.32. The first-order chi connectivity index (χ1) is 6.59. The number of ether oxygens (including phenoxy) is 1. The molecule has 0 aromatic carbocycles. The van der Waals surface area contributed by atoms with Crippen LogP contribution in [0.4, 0.5) is 5.13 Å². The van der Waals surface area contributed by atoms with Gasteiger partial charge in [-0.15, -0.1) is 11.3 Å². The minimum atomic E-state index is 0.302. The molecule has 4 heteroatoms. The molecule has 1 aromatic rings. The van der Waals surface area contributed by atoms with Crippen LogP contribution in [0, 0.1) is 13.8 Å². The molecule has 0 saturated heterocycles. The number of anilines is 1. The third-order valence-electron chi connectivity index (χ3n) is 1.86. The number of hydrogen-bond acceptors (Lipinski definition) is 4. The quantitative estimate of drug-likeness (QED) is 0.765. The summed E-state index contributed by atoms with van der Waals surface area (Å²) in [4.78, 5) is 5.65. The minimum absolute atomic E-state index is 0.302. The molecule has 1 rings (SSSR count). The second-order valence-corrected chi connectivity index (χ2v) is 4.71. The van der Waals surface area contributed by atoms with Gasteiger partial charge in [0.15, 0.2) is 5.13 Å². The number of rotatable bonds is 5. The van der Waals surface area contributed by atoms with Gasteiger partial charge in [-0.25, -0.2) is 4.98 Å². The molecule has 0 bridgehead atoms. The van der Waals surface area contributed by atoms with E-state index in [1.54, 1.807) is 11.3 Å². The first kappa shape index (κ1) is 11.5. The Hall–Kier alpha value is -0.610. The van der Waals surface area contributed by atoms with Crippen LogP contribution in [-0.4, -0.2) is 24.2 Å². The molecule has 1 N–H and O–H groups in total. The number of thiazole rings is 1. The standard InChI is InChI=1S/C10H18N2OS/c1-7(2)13-6-5-11-10-12-8(3)9(4)14-10/h7H,5-6H2,1-4H3,(H,11,12). The highest BCUT2D eigenvalue weighted by molar-refractivity contribution is 7.15. The molecule has 14 heavy (non-hydrogen) atoms. The molecule has 0 amide bonds. The van der Waals surface area contributed by atoms with Crippen molar-refractivity contribution < 1.29 is 4.74 Å². The van der Waals surface area contributed by atoms with Crippen molar-refractivity contribution in [3.05, 3.63) is 10.6 Å². The topological polar surface area (TPSA) is 34.2 Å². The molecule has 0 saturated carbocycles. The van der Waals surface area contributed by atoms with Crippen LogP contribution in [0.1, 0.15) is 24.4 Å². The van der Waals surface area contributed by atoms with E-state index in [0.29, 0.717) is 6.10 Å². The van der Waals surface area contributed by atoms with E-state index in [-0.39, 0.29) is 0 Å². The number of hydrogen-bond donors (Lipinski definition) is 1. The number of aryl methyl sites for hydroxylation is 2. The number of nitrogens with one attached hydrogen (secondary N) is 1. The molecule has 80 valence electrons. The molecule has 0 spiro atoms. The molecule has 0 aliphatic carbocycles. The highest BCUT2D eigenvalue weighted by Gasteiger charge is 2.02. The summed E-state index contributed by atoms with van der Waals surface area (Å²) < 4.78 is 5.41. The fourth-order valence-electron chi connectivity index (χ4n) is 1.00. The summed E-state index contributed by atoms with van der Waals surface area (Å²) in [6.07, 6.45) is 0.302. The van der Waals surface area contributed by atoms with Crippen molar-refractivity contribution in [2.24, 2.45) is 0 Å². The molecule has 3 nitrogen and oxygen atoms in total. The number of nitrogens with zero attached hydrogens (tertiary/aromatic N) is 1. The van der Waals surface area contributed by atoms with E-state index in [9.17, 15) is 0 Å². The van der Waals surface area contributed by atoms with Gasteiger partial charge in [0.2, 0.25) is 0 Å². The van der Waals surface area contributed by atoms with Crippen LogP contribution in [0.5, 0.6) is 0 Å². The van der Waals surface area contributed by atoms with Crippen LogP contribution < -0.4 is 5.32 Å². The molecule has 1 heterocycles. The van der Waals surface area contributed by atoms with E-state index in [2.05, 4.69) is 17.2 Å². The summed E-state index contributed by atoms with van der Waals surface area (Å²) in [7, 11) is 0. The smallest absolute Gasteiger partial charge is 0.183 e. The Morgan fingerprint density at radius 3 is 2.64 bits per heavy atom. The molecule has 0 radical (unpaired) electrons. The lowest BCUT2D eigenvalue weighted by Crippen LogP contribution is -2.12. The lowest BCUT2D eigenvalue weighted by Gasteiger charge is -2.07. The summed E-state index contributed by atoms with van der Waals surface area (Å²) in [5.74, 6) is 0. The average Bonchev–Trinajstić information content (AvgIpc) is 2.40. The summed E-state index contributed by atoms with van der Waals surface area (Å²) in [6, 6.07) is 0. The van der Waals surface area contributed by atoms with Gasteiger partial charge in [-0.3, -0.25) is 0 Å². The summed E-state index contributed by atoms with van der Waals surface area (Å²) >= 11 is 1.70. The van der Waals surface area contributed by atoms with Gasteiger partial charge < -0.3 is 10.1 Å². The van der Waals surface area contributed by atoms with Crippen LogP contribution in [0.3, 0.4) is 0 Å². The zero-order valence-corrected chi connectivity index (χ0v) is 10.1. The van der Waals surface area contributed by atoms with Crippen molar-refractivity contribution in [1.29, 1.82) is 0 Å². The van der Waals surface area contributed by atoms with Crippen molar-refractivity contribution in [3.63, 3.8) is 0 Å². The van der Waals surface area contributed by atoms with Crippen molar-refractivity contribution in [1.82, 2.24) is 4.98 Å². The van der Waals surface area contributed by atoms with E-state index in [1.807, 2.05) is 20.8 Å². The zero-order chi connectivity index (χ0) is 10.6. The molecule has 1 aromatic heterocycles. The summed E-state index contributed by atoms with van der Waals surface area (Å²) in [5, 5.41) is 4.24. The highest BCUT2D eigenvalue weighted by Crippen LogP contribution is 2.20. The number of aromatic nitrogens is 1. The SMILES string of the molecule is Cc1nc(NCCOC(C)C)sc1C. The van der Waals surface area contributed by atoms with Crippen LogP contribution in [-0.2, 0) is 4.74 Å². The Kier molecular flexibility index (Phi) is 4.35. The summed E-state index contributed by atoms with van der Waals surface area (Å²) in [5.41, 5.74) is 1.11. The van der Waals surface area contributed by atoms with Crippen molar-refractivity contribution in [2.45, 2.75) is 33.8 Å². The van der Waals surface area contributed by atoms with Gasteiger partial charge in [-0.1, -0.05) is 0 Å².